The second kappa shape index (κ2) is 8.40. The highest BCUT2D eigenvalue weighted by molar-refractivity contribution is 7.91. The predicted octanol–water partition coefficient (Wildman–Crippen LogP) is 1.69. The molecule has 0 spiro atoms. The molecule has 0 aliphatic carbocycles. The maximum Gasteiger partial charge on any atom is 0.254 e. The van der Waals surface area contributed by atoms with Gasteiger partial charge >= 0.3 is 0 Å². The monoisotopic (exact) mass is 355 g/mol. The number of hydrogen-bond acceptors (Lipinski definition) is 6. The van der Waals surface area contributed by atoms with Crippen molar-refractivity contribution in [3.63, 3.8) is 0 Å². The van der Waals surface area contributed by atoms with Gasteiger partial charge in [-0.3, -0.25) is 0 Å². The van der Waals surface area contributed by atoms with Crippen molar-refractivity contribution in [2.75, 3.05) is 47.4 Å². The van der Waals surface area contributed by atoms with Crippen LogP contribution in [0.4, 0.5) is 0 Å². The molecule has 1 aromatic rings. The van der Waals surface area contributed by atoms with Gasteiger partial charge < -0.3 is 9.64 Å². The van der Waals surface area contributed by atoms with Gasteiger partial charge in [-0.15, -0.1) is 0 Å². The van der Waals surface area contributed by atoms with Crippen LogP contribution in [0.25, 0.3) is 0 Å². The molecule has 0 aliphatic rings. The van der Waals surface area contributed by atoms with Crippen LogP contribution in [-0.4, -0.2) is 70.1 Å². The molecule has 0 saturated carbocycles. The number of halogens is 1. The summed E-state index contributed by atoms with van der Waals surface area (Å²) >= 11 is 6.82. The standard InChI is InChI=1S/C12H22ClN3O3S2/c1-10-11(20-12(13)14-10)21(17,18)16(8-9-19-4)7-5-6-15(2)3/h5-9H2,1-4H3. The van der Waals surface area contributed by atoms with Gasteiger partial charge in [-0.05, 0) is 34.0 Å². The molecule has 0 unspecified atom stereocenters. The molecule has 0 atom stereocenters. The summed E-state index contributed by atoms with van der Waals surface area (Å²) in [6.45, 7) is 3.60. The van der Waals surface area contributed by atoms with Crippen LogP contribution in [0.2, 0.25) is 4.47 Å². The average Bonchev–Trinajstić information content (AvgIpc) is 2.72. The lowest BCUT2D eigenvalue weighted by atomic mass is 10.4. The Hall–Kier alpha value is -0.250. The highest BCUT2D eigenvalue weighted by atomic mass is 35.5. The number of aromatic nitrogens is 1. The highest BCUT2D eigenvalue weighted by Crippen LogP contribution is 2.29. The van der Waals surface area contributed by atoms with E-state index in [1.54, 1.807) is 14.0 Å². The number of sulfonamides is 1. The van der Waals surface area contributed by atoms with Gasteiger partial charge in [-0.25, -0.2) is 13.4 Å². The van der Waals surface area contributed by atoms with Crippen molar-refractivity contribution >= 4 is 33.0 Å². The molecule has 0 radical (unpaired) electrons. The van der Waals surface area contributed by atoms with Crippen LogP contribution in [-0.2, 0) is 14.8 Å². The minimum Gasteiger partial charge on any atom is -0.383 e. The smallest absolute Gasteiger partial charge is 0.254 e. The molecule has 0 bridgehead atoms. The molecule has 1 heterocycles. The van der Waals surface area contributed by atoms with Crippen molar-refractivity contribution in [2.24, 2.45) is 0 Å². The SMILES string of the molecule is COCCN(CCCN(C)C)S(=O)(=O)c1sc(Cl)nc1C. The molecule has 122 valence electrons. The van der Waals surface area contributed by atoms with Crippen LogP contribution in [0.3, 0.4) is 0 Å². The second-order valence-electron chi connectivity index (χ2n) is 4.89. The Labute approximate surface area is 135 Å². The maximum absolute atomic E-state index is 12.7. The van der Waals surface area contributed by atoms with Crippen molar-refractivity contribution in [3.05, 3.63) is 10.2 Å². The number of methoxy groups -OCH3 is 1. The van der Waals surface area contributed by atoms with Crippen molar-refractivity contribution in [3.8, 4) is 0 Å². The summed E-state index contributed by atoms with van der Waals surface area (Å²) in [6.07, 6.45) is 0.752. The number of aryl methyl sites for hydroxylation is 1. The summed E-state index contributed by atoms with van der Waals surface area (Å²) in [5, 5.41) is 0. The van der Waals surface area contributed by atoms with Gasteiger partial charge in [-0.2, -0.15) is 4.31 Å². The molecule has 0 aromatic carbocycles. The molecule has 9 heteroatoms. The van der Waals surface area contributed by atoms with E-state index in [1.807, 2.05) is 19.0 Å². The Morgan fingerprint density at radius 3 is 2.43 bits per heavy atom. The molecule has 0 saturated heterocycles. The number of thiazole rings is 1. The van der Waals surface area contributed by atoms with Gasteiger partial charge in [0, 0.05) is 20.2 Å². The van der Waals surface area contributed by atoms with E-state index in [4.69, 9.17) is 16.3 Å². The summed E-state index contributed by atoms with van der Waals surface area (Å²) in [5.74, 6) is 0. The highest BCUT2D eigenvalue weighted by Gasteiger charge is 2.28. The van der Waals surface area contributed by atoms with Crippen LogP contribution in [0.5, 0.6) is 0 Å². The van der Waals surface area contributed by atoms with E-state index in [0.29, 0.717) is 25.4 Å². The van der Waals surface area contributed by atoms with Gasteiger partial charge in [0.15, 0.2) is 8.68 Å². The Bertz CT molecular complexity index is 546. The third-order valence-electron chi connectivity index (χ3n) is 2.86. The van der Waals surface area contributed by atoms with E-state index >= 15 is 0 Å². The van der Waals surface area contributed by atoms with Gasteiger partial charge in [0.1, 0.15) is 0 Å². The van der Waals surface area contributed by atoms with Gasteiger partial charge in [-0.1, -0.05) is 22.9 Å². The fraction of sp³-hybridized carbons (Fsp3) is 0.750. The first-order valence-electron chi connectivity index (χ1n) is 6.55. The van der Waals surface area contributed by atoms with Gasteiger partial charge in [0.25, 0.3) is 10.0 Å². The van der Waals surface area contributed by atoms with E-state index in [2.05, 4.69) is 4.98 Å². The van der Waals surface area contributed by atoms with E-state index in [9.17, 15) is 8.42 Å². The predicted molar refractivity (Wildman–Crippen MR) is 85.7 cm³/mol. The Morgan fingerprint density at radius 1 is 1.29 bits per heavy atom. The first kappa shape index (κ1) is 18.8. The van der Waals surface area contributed by atoms with E-state index in [0.717, 1.165) is 24.3 Å². The summed E-state index contributed by atoms with van der Waals surface area (Å²) in [6, 6.07) is 0. The lowest BCUT2D eigenvalue weighted by Gasteiger charge is -2.22. The number of hydrogen-bond donors (Lipinski definition) is 0. The fourth-order valence-electron chi connectivity index (χ4n) is 1.82. The minimum atomic E-state index is -3.57. The molecule has 1 rings (SSSR count). The fourth-order valence-corrected chi connectivity index (χ4v) is 5.15. The molecule has 0 N–H and O–H groups in total. The molecule has 0 fully saturated rings. The first-order chi connectivity index (χ1) is 9.78. The van der Waals surface area contributed by atoms with Gasteiger partial charge in [0.05, 0.1) is 12.3 Å². The summed E-state index contributed by atoms with van der Waals surface area (Å²) in [7, 11) is 1.90. The normalized spacial score (nSPS) is 12.5. The zero-order chi connectivity index (χ0) is 16.0. The average molecular weight is 356 g/mol. The zero-order valence-electron chi connectivity index (χ0n) is 12.8. The van der Waals surface area contributed by atoms with Crippen molar-refractivity contribution < 1.29 is 13.2 Å². The van der Waals surface area contributed by atoms with Crippen molar-refractivity contribution in [2.45, 2.75) is 17.6 Å². The molecule has 1 aromatic heterocycles. The second-order valence-corrected chi connectivity index (χ2v) is 8.61. The largest absolute Gasteiger partial charge is 0.383 e. The van der Waals surface area contributed by atoms with E-state index in [1.165, 1.54) is 4.31 Å². The molecular weight excluding hydrogens is 334 g/mol. The van der Waals surface area contributed by atoms with Crippen LogP contribution in [0.15, 0.2) is 4.21 Å². The Kier molecular flexibility index (Phi) is 7.52. The summed E-state index contributed by atoms with van der Waals surface area (Å²) in [5.41, 5.74) is 0.444. The first-order valence-corrected chi connectivity index (χ1v) is 9.19. The maximum atomic E-state index is 12.7. The summed E-state index contributed by atoms with van der Waals surface area (Å²) < 4.78 is 32.3. The number of rotatable bonds is 9. The lowest BCUT2D eigenvalue weighted by Crippen LogP contribution is -2.35. The zero-order valence-corrected chi connectivity index (χ0v) is 15.2. The van der Waals surface area contributed by atoms with Crippen LogP contribution < -0.4 is 0 Å². The van der Waals surface area contributed by atoms with Crippen LogP contribution >= 0.6 is 22.9 Å². The topological polar surface area (TPSA) is 62.7 Å². The minimum absolute atomic E-state index is 0.216. The third-order valence-corrected chi connectivity index (χ3v) is 6.61. The third kappa shape index (κ3) is 5.46. The summed E-state index contributed by atoms with van der Waals surface area (Å²) in [4.78, 5) is 6.01. The quantitative estimate of drug-likeness (QED) is 0.674. The molecular formula is C12H22ClN3O3S2. The van der Waals surface area contributed by atoms with Crippen LogP contribution in [0.1, 0.15) is 12.1 Å². The Morgan fingerprint density at radius 2 is 1.95 bits per heavy atom. The van der Waals surface area contributed by atoms with E-state index < -0.39 is 10.0 Å². The number of ether oxygens (including phenoxy) is 1. The van der Waals surface area contributed by atoms with Crippen LogP contribution in [0, 0.1) is 6.92 Å². The molecule has 21 heavy (non-hydrogen) atoms. The molecule has 6 nitrogen and oxygen atoms in total. The molecule has 0 amide bonds. The van der Waals surface area contributed by atoms with Crippen molar-refractivity contribution in [1.82, 2.24) is 14.2 Å². The van der Waals surface area contributed by atoms with E-state index in [-0.39, 0.29) is 8.68 Å². The van der Waals surface area contributed by atoms with Crippen molar-refractivity contribution in [1.29, 1.82) is 0 Å². The Balaban J connectivity index is 2.91. The number of nitrogens with zero attached hydrogens (tertiary/aromatic N) is 3. The van der Waals surface area contributed by atoms with Gasteiger partial charge in [0.2, 0.25) is 0 Å². The molecule has 0 aliphatic heterocycles. The lowest BCUT2D eigenvalue weighted by molar-refractivity contribution is 0.177.